The summed E-state index contributed by atoms with van der Waals surface area (Å²) in [5.41, 5.74) is 2.85. The molecule has 1 aliphatic heterocycles. The van der Waals surface area contributed by atoms with E-state index in [0.717, 1.165) is 27.9 Å². The molecule has 232 valence electrons. The van der Waals surface area contributed by atoms with Crippen molar-refractivity contribution in [1.82, 2.24) is 10.6 Å². The quantitative estimate of drug-likeness (QED) is 0.245. The summed E-state index contributed by atoms with van der Waals surface area (Å²) in [5.74, 6) is -0.457. The van der Waals surface area contributed by atoms with Crippen molar-refractivity contribution in [3.8, 4) is 16.9 Å². The van der Waals surface area contributed by atoms with E-state index in [9.17, 15) is 19.2 Å². The third-order valence-corrected chi connectivity index (χ3v) is 7.07. The van der Waals surface area contributed by atoms with E-state index in [0.29, 0.717) is 25.1 Å². The fourth-order valence-electron chi connectivity index (χ4n) is 5.20. The fraction of sp³-hybridized carbons (Fsp3) is 0.371. The molecule has 1 aliphatic rings. The molecule has 0 unspecified atom stereocenters. The number of rotatable bonds is 8. The minimum atomic E-state index is -0.890. The summed E-state index contributed by atoms with van der Waals surface area (Å²) >= 11 is 0. The van der Waals surface area contributed by atoms with Gasteiger partial charge in [-0.1, -0.05) is 60.7 Å². The monoisotopic (exact) mass is 599 g/mol. The third-order valence-electron chi connectivity index (χ3n) is 7.07. The Hall–Kier alpha value is -4.66. The van der Waals surface area contributed by atoms with Crippen molar-refractivity contribution in [1.29, 1.82) is 0 Å². The zero-order valence-corrected chi connectivity index (χ0v) is 26.2. The molecule has 4 rings (SSSR count). The molecule has 0 aliphatic carbocycles. The smallest absolute Gasteiger partial charge is 0.408 e. The summed E-state index contributed by atoms with van der Waals surface area (Å²) in [7, 11) is 0. The Morgan fingerprint density at radius 3 is 2.25 bits per heavy atom. The second-order valence-corrected chi connectivity index (χ2v) is 12.7. The van der Waals surface area contributed by atoms with E-state index in [2.05, 4.69) is 10.6 Å². The number of fused-ring (bicyclic) bond motifs is 1. The van der Waals surface area contributed by atoms with E-state index < -0.39 is 29.2 Å². The Kier molecular flexibility index (Phi) is 9.77. The first kappa shape index (κ1) is 32.3. The summed E-state index contributed by atoms with van der Waals surface area (Å²) < 4.78 is 10.7. The van der Waals surface area contributed by atoms with Gasteiger partial charge in [-0.3, -0.25) is 14.4 Å². The first-order chi connectivity index (χ1) is 20.7. The number of hydrogen-bond acceptors (Lipinski definition) is 6. The highest BCUT2D eigenvalue weighted by molar-refractivity contribution is 6.00. The number of alkyl carbamates (subject to hydrolysis) is 1. The van der Waals surface area contributed by atoms with Crippen molar-refractivity contribution < 1.29 is 28.7 Å². The van der Waals surface area contributed by atoms with Crippen molar-refractivity contribution in [3.63, 3.8) is 0 Å². The number of esters is 1. The highest BCUT2D eigenvalue weighted by Gasteiger charge is 2.33. The Bertz CT molecular complexity index is 1520. The van der Waals surface area contributed by atoms with E-state index in [-0.39, 0.29) is 18.2 Å². The van der Waals surface area contributed by atoms with Gasteiger partial charge in [-0.05, 0) is 76.3 Å². The lowest BCUT2D eigenvalue weighted by atomic mass is 9.99. The first-order valence-corrected chi connectivity index (χ1v) is 14.8. The summed E-state index contributed by atoms with van der Waals surface area (Å²) in [6.45, 7) is 10.5. The van der Waals surface area contributed by atoms with Crippen molar-refractivity contribution in [2.24, 2.45) is 0 Å². The standard InChI is InChI=1S/C35H41N3O6/c1-23(39)43-30-14-10-8-12-27(30)25-17-15-24(16-18-25)22-38-29-13-9-7-11-26(29)19-20-28(32(38)41)36-31(40)21-35(5,6)37-33(42)44-34(2,3)4/h7-18,28H,19-22H2,1-6H3,(H,36,40)(H,37,42)/t28-/m1/s1. The predicted molar refractivity (Wildman–Crippen MR) is 169 cm³/mol. The van der Waals surface area contributed by atoms with Crippen LogP contribution in [0.3, 0.4) is 0 Å². The Morgan fingerprint density at radius 2 is 1.57 bits per heavy atom. The highest BCUT2D eigenvalue weighted by atomic mass is 16.6. The number of anilines is 1. The van der Waals surface area contributed by atoms with Crippen molar-refractivity contribution in [2.75, 3.05) is 4.90 Å². The molecule has 9 nitrogen and oxygen atoms in total. The molecule has 9 heteroatoms. The van der Waals surface area contributed by atoms with Gasteiger partial charge in [0.1, 0.15) is 17.4 Å². The molecule has 2 N–H and O–H groups in total. The lowest BCUT2D eigenvalue weighted by Gasteiger charge is -2.29. The number of carbonyl (C=O) groups excluding carboxylic acids is 4. The third kappa shape index (κ3) is 8.69. The van der Waals surface area contributed by atoms with Crippen LogP contribution in [0, 0.1) is 0 Å². The van der Waals surface area contributed by atoms with E-state index in [1.807, 2.05) is 66.7 Å². The van der Waals surface area contributed by atoms with Crippen LogP contribution in [0.1, 0.15) is 65.5 Å². The van der Waals surface area contributed by atoms with E-state index in [4.69, 9.17) is 9.47 Å². The van der Waals surface area contributed by atoms with Crippen LogP contribution >= 0.6 is 0 Å². The normalized spacial score (nSPS) is 15.1. The van der Waals surface area contributed by atoms with Gasteiger partial charge in [0.05, 0.1) is 6.54 Å². The summed E-state index contributed by atoms with van der Waals surface area (Å²) in [5, 5.41) is 5.67. The number of nitrogens with one attached hydrogen (secondary N) is 2. The lowest BCUT2D eigenvalue weighted by Crippen LogP contribution is -2.52. The van der Waals surface area contributed by atoms with Crippen molar-refractivity contribution >= 4 is 29.6 Å². The Labute approximate surface area is 258 Å². The average Bonchev–Trinajstić information content (AvgIpc) is 3.04. The van der Waals surface area contributed by atoms with Crippen LogP contribution in [0.25, 0.3) is 11.1 Å². The number of aryl methyl sites for hydroxylation is 1. The van der Waals surface area contributed by atoms with Gasteiger partial charge < -0.3 is 25.0 Å². The predicted octanol–water partition coefficient (Wildman–Crippen LogP) is 5.94. The minimum Gasteiger partial charge on any atom is -0.444 e. The van der Waals surface area contributed by atoms with Gasteiger partial charge in [0.25, 0.3) is 0 Å². The number of para-hydroxylation sites is 2. The molecule has 0 radical (unpaired) electrons. The second kappa shape index (κ2) is 13.3. The molecule has 0 spiro atoms. The lowest BCUT2D eigenvalue weighted by molar-refractivity contribution is -0.131. The molecule has 0 saturated carbocycles. The number of hydrogen-bond donors (Lipinski definition) is 2. The van der Waals surface area contributed by atoms with Crippen molar-refractivity contribution in [3.05, 3.63) is 83.9 Å². The number of benzene rings is 3. The number of nitrogens with zero attached hydrogens (tertiary/aromatic N) is 1. The molecule has 3 aromatic rings. The van der Waals surface area contributed by atoms with Gasteiger partial charge in [-0.15, -0.1) is 0 Å². The van der Waals surface area contributed by atoms with E-state index in [1.54, 1.807) is 45.6 Å². The molecular formula is C35H41N3O6. The van der Waals surface area contributed by atoms with Crippen LogP contribution in [-0.2, 0) is 32.1 Å². The highest BCUT2D eigenvalue weighted by Crippen LogP contribution is 2.32. The van der Waals surface area contributed by atoms with Gasteiger partial charge in [-0.2, -0.15) is 0 Å². The molecule has 0 saturated heterocycles. The molecule has 0 fully saturated rings. The average molecular weight is 600 g/mol. The van der Waals surface area contributed by atoms with E-state index >= 15 is 0 Å². The number of carbonyl (C=O) groups is 4. The largest absolute Gasteiger partial charge is 0.444 e. The summed E-state index contributed by atoms with van der Waals surface area (Å²) in [4.78, 5) is 52.7. The molecular weight excluding hydrogens is 558 g/mol. The molecule has 1 heterocycles. The zero-order chi connectivity index (χ0) is 32.1. The van der Waals surface area contributed by atoms with Gasteiger partial charge in [-0.25, -0.2) is 4.79 Å². The molecule has 3 amide bonds. The van der Waals surface area contributed by atoms with Gasteiger partial charge in [0.2, 0.25) is 11.8 Å². The topological polar surface area (TPSA) is 114 Å². The molecule has 0 bridgehead atoms. The molecule has 1 atom stereocenters. The number of ether oxygens (including phenoxy) is 2. The summed E-state index contributed by atoms with van der Waals surface area (Å²) in [6.07, 6.45) is 0.432. The van der Waals surface area contributed by atoms with Gasteiger partial charge in [0.15, 0.2) is 0 Å². The maximum atomic E-state index is 14.0. The fourth-order valence-corrected chi connectivity index (χ4v) is 5.20. The van der Waals surface area contributed by atoms with Gasteiger partial charge >= 0.3 is 12.1 Å². The zero-order valence-electron chi connectivity index (χ0n) is 26.2. The minimum absolute atomic E-state index is 0.0285. The van der Waals surface area contributed by atoms with Crippen LogP contribution in [0.2, 0.25) is 0 Å². The van der Waals surface area contributed by atoms with Crippen LogP contribution in [0.5, 0.6) is 5.75 Å². The Balaban J connectivity index is 1.50. The SMILES string of the molecule is CC(=O)Oc1ccccc1-c1ccc(CN2C(=O)[C@H](NC(=O)CC(C)(C)NC(=O)OC(C)(C)C)CCc3ccccc32)cc1. The molecule has 0 aromatic heterocycles. The van der Waals surface area contributed by atoms with E-state index in [1.165, 1.54) is 6.92 Å². The molecule has 44 heavy (non-hydrogen) atoms. The summed E-state index contributed by atoms with van der Waals surface area (Å²) in [6, 6.07) is 22.1. The first-order valence-electron chi connectivity index (χ1n) is 14.8. The van der Waals surface area contributed by atoms with Crippen molar-refractivity contribution in [2.45, 2.75) is 84.5 Å². The van der Waals surface area contributed by atoms with Gasteiger partial charge in [0, 0.05) is 30.1 Å². The molecule has 3 aromatic carbocycles. The maximum absolute atomic E-state index is 14.0. The van der Waals surface area contributed by atoms with Crippen LogP contribution in [-0.4, -0.2) is 41.1 Å². The second-order valence-electron chi connectivity index (χ2n) is 12.7. The maximum Gasteiger partial charge on any atom is 0.408 e. The van der Waals surface area contributed by atoms with Crippen LogP contribution in [0.15, 0.2) is 72.8 Å². The Morgan fingerprint density at radius 1 is 0.909 bits per heavy atom. The number of amides is 3. The van der Waals surface area contributed by atoms with Crippen LogP contribution < -0.4 is 20.3 Å². The van der Waals surface area contributed by atoms with Crippen LogP contribution in [0.4, 0.5) is 10.5 Å².